The van der Waals surface area contributed by atoms with E-state index in [9.17, 15) is 0 Å². The highest BCUT2D eigenvalue weighted by Gasteiger charge is 2.27. The van der Waals surface area contributed by atoms with Gasteiger partial charge >= 0.3 is 0 Å². The molecular formula is C20H18ClN7O2. The molecule has 5 rings (SSSR count). The molecule has 0 spiro atoms. The molecule has 2 aromatic heterocycles. The molecule has 2 aromatic carbocycles. The van der Waals surface area contributed by atoms with Crippen LogP contribution in [0.1, 0.15) is 11.7 Å². The number of H-pyrrole nitrogens is 1. The SMILES string of the molecule is COc1ccc(N2C(N)=c3ccoc3=NC2c2cccc(-c3nnn[nH]3)c2)cc1.Cl. The lowest BCUT2D eigenvalue weighted by Crippen LogP contribution is -2.43. The number of anilines is 1. The Labute approximate surface area is 177 Å². The van der Waals surface area contributed by atoms with Crippen molar-refractivity contribution >= 4 is 23.9 Å². The largest absolute Gasteiger partial charge is 0.497 e. The van der Waals surface area contributed by atoms with Crippen molar-refractivity contribution in [3.8, 4) is 17.1 Å². The number of aromatic nitrogens is 4. The fraction of sp³-hybridized carbons (Fsp3) is 0.100. The van der Waals surface area contributed by atoms with Crippen molar-refractivity contribution in [2.24, 2.45) is 10.7 Å². The molecule has 0 fully saturated rings. The molecule has 1 unspecified atom stereocenters. The quantitative estimate of drug-likeness (QED) is 0.513. The normalized spacial score (nSPS) is 15.2. The van der Waals surface area contributed by atoms with Gasteiger partial charge in [0.25, 0.3) is 0 Å². The maximum absolute atomic E-state index is 6.55. The Hall–Kier alpha value is -3.85. The molecule has 3 heterocycles. The summed E-state index contributed by atoms with van der Waals surface area (Å²) in [6.45, 7) is 0. The zero-order chi connectivity index (χ0) is 19.8. The Balaban J connectivity index is 0.00000218. The number of benzene rings is 2. The van der Waals surface area contributed by atoms with Crippen LogP contribution in [0.25, 0.3) is 17.2 Å². The van der Waals surface area contributed by atoms with Gasteiger partial charge in [0.1, 0.15) is 11.6 Å². The lowest BCUT2D eigenvalue weighted by atomic mass is 10.1. The molecule has 1 atom stereocenters. The Morgan fingerprint density at radius 2 is 1.97 bits per heavy atom. The molecule has 30 heavy (non-hydrogen) atoms. The first-order valence-electron chi connectivity index (χ1n) is 8.93. The molecule has 0 saturated carbocycles. The number of fused-ring (bicyclic) bond motifs is 1. The first-order valence-corrected chi connectivity index (χ1v) is 8.93. The van der Waals surface area contributed by atoms with Gasteiger partial charge in [-0.15, -0.1) is 17.5 Å². The number of methoxy groups -OCH3 is 1. The zero-order valence-electron chi connectivity index (χ0n) is 15.9. The van der Waals surface area contributed by atoms with E-state index in [1.807, 2.05) is 59.5 Å². The van der Waals surface area contributed by atoms with Crippen LogP contribution in [0.4, 0.5) is 5.69 Å². The predicted octanol–water partition coefficient (Wildman–Crippen LogP) is 1.75. The molecule has 4 aromatic rings. The molecule has 0 aliphatic carbocycles. The van der Waals surface area contributed by atoms with Crippen LogP contribution in [-0.2, 0) is 0 Å². The van der Waals surface area contributed by atoms with Crippen molar-refractivity contribution in [2.45, 2.75) is 6.17 Å². The van der Waals surface area contributed by atoms with Crippen LogP contribution >= 0.6 is 12.4 Å². The van der Waals surface area contributed by atoms with Crippen LogP contribution < -0.4 is 26.1 Å². The summed E-state index contributed by atoms with van der Waals surface area (Å²) in [6, 6.07) is 17.3. The van der Waals surface area contributed by atoms with E-state index >= 15 is 0 Å². The Morgan fingerprint density at radius 1 is 1.13 bits per heavy atom. The molecule has 10 heteroatoms. The van der Waals surface area contributed by atoms with E-state index < -0.39 is 6.17 Å². The van der Waals surface area contributed by atoms with Crippen LogP contribution in [0.3, 0.4) is 0 Å². The van der Waals surface area contributed by atoms with Gasteiger partial charge in [-0.3, -0.25) is 0 Å². The number of rotatable bonds is 4. The number of tetrazole rings is 1. The summed E-state index contributed by atoms with van der Waals surface area (Å²) in [4.78, 5) is 6.78. The molecule has 1 aliphatic heterocycles. The van der Waals surface area contributed by atoms with Gasteiger partial charge in [-0.2, -0.15) is 0 Å². The van der Waals surface area contributed by atoms with Crippen molar-refractivity contribution in [2.75, 3.05) is 12.0 Å². The van der Waals surface area contributed by atoms with Crippen LogP contribution in [0, 0.1) is 0 Å². The third-order valence-electron chi connectivity index (χ3n) is 4.82. The molecule has 9 nitrogen and oxygen atoms in total. The van der Waals surface area contributed by atoms with Gasteiger partial charge in [-0.1, -0.05) is 18.2 Å². The highest BCUT2D eigenvalue weighted by Crippen LogP contribution is 2.33. The summed E-state index contributed by atoms with van der Waals surface area (Å²) in [7, 11) is 1.64. The molecule has 152 valence electrons. The maximum atomic E-state index is 6.55. The Morgan fingerprint density at radius 3 is 2.70 bits per heavy atom. The Kier molecular flexibility index (Phi) is 5.11. The van der Waals surface area contributed by atoms with E-state index in [1.54, 1.807) is 13.4 Å². The van der Waals surface area contributed by atoms with Crippen LogP contribution in [0.2, 0.25) is 0 Å². The highest BCUT2D eigenvalue weighted by molar-refractivity contribution is 5.85. The minimum absolute atomic E-state index is 0. The van der Waals surface area contributed by atoms with Crippen LogP contribution in [0.15, 0.2) is 70.3 Å². The first kappa shape index (κ1) is 19.5. The van der Waals surface area contributed by atoms with Crippen molar-refractivity contribution in [3.05, 3.63) is 77.2 Å². The second kappa shape index (κ2) is 7.88. The van der Waals surface area contributed by atoms with Gasteiger partial charge in [-0.05, 0) is 52.4 Å². The van der Waals surface area contributed by atoms with Crippen molar-refractivity contribution in [3.63, 3.8) is 0 Å². The summed E-state index contributed by atoms with van der Waals surface area (Å²) in [5.74, 6) is 1.90. The standard InChI is InChI=1S/C20H17N7O2.ClH/c1-28-15-7-5-14(6-8-15)27-17(21)16-9-10-29-20(16)22-19(27)13-4-2-3-12(11-13)18-23-25-26-24-18;/h2-11,19H,21H2,1H3,(H,23,24,25,26);1H. The molecule has 0 saturated heterocycles. The third-order valence-corrected chi connectivity index (χ3v) is 4.82. The smallest absolute Gasteiger partial charge is 0.227 e. The molecule has 0 bridgehead atoms. The van der Waals surface area contributed by atoms with Crippen LogP contribution in [-0.4, -0.2) is 27.7 Å². The maximum Gasteiger partial charge on any atom is 0.227 e. The van der Waals surface area contributed by atoms with E-state index in [0.29, 0.717) is 17.2 Å². The van der Waals surface area contributed by atoms with Crippen LogP contribution in [0.5, 0.6) is 5.75 Å². The van der Waals surface area contributed by atoms with E-state index in [2.05, 4.69) is 20.6 Å². The van der Waals surface area contributed by atoms with Crippen molar-refractivity contribution in [1.29, 1.82) is 0 Å². The molecule has 0 amide bonds. The minimum Gasteiger partial charge on any atom is -0.497 e. The predicted molar refractivity (Wildman–Crippen MR) is 112 cm³/mol. The summed E-state index contributed by atoms with van der Waals surface area (Å²) in [6.07, 6.45) is 1.17. The minimum atomic E-state index is -0.419. The number of nitrogens with zero attached hydrogens (tertiary/aromatic N) is 5. The molecule has 0 radical (unpaired) electrons. The van der Waals surface area contributed by atoms with E-state index in [-0.39, 0.29) is 12.4 Å². The fourth-order valence-corrected chi connectivity index (χ4v) is 3.40. The average molecular weight is 424 g/mol. The summed E-state index contributed by atoms with van der Waals surface area (Å²) in [5, 5.41) is 14.8. The van der Waals surface area contributed by atoms with E-state index in [4.69, 9.17) is 19.9 Å². The van der Waals surface area contributed by atoms with Gasteiger partial charge in [0.2, 0.25) is 5.55 Å². The van der Waals surface area contributed by atoms with Crippen molar-refractivity contribution in [1.82, 2.24) is 20.6 Å². The number of halogens is 1. The highest BCUT2D eigenvalue weighted by atomic mass is 35.5. The van der Waals surface area contributed by atoms with Gasteiger partial charge in [-0.25, -0.2) is 10.1 Å². The van der Waals surface area contributed by atoms with Crippen molar-refractivity contribution < 1.29 is 9.15 Å². The lowest BCUT2D eigenvalue weighted by Gasteiger charge is -2.33. The number of hydrogen-bond donors (Lipinski definition) is 2. The Bertz CT molecular complexity index is 1270. The average Bonchev–Trinajstić information content (AvgIpc) is 3.46. The number of furan rings is 1. The summed E-state index contributed by atoms with van der Waals surface area (Å²) >= 11 is 0. The number of hydrogen-bond acceptors (Lipinski definition) is 8. The van der Waals surface area contributed by atoms with E-state index in [0.717, 1.165) is 27.8 Å². The summed E-state index contributed by atoms with van der Waals surface area (Å²) < 4.78 is 10.8. The molecule has 3 N–H and O–H groups in total. The first-order chi connectivity index (χ1) is 14.2. The number of aromatic amines is 1. The monoisotopic (exact) mass is 423 g/mol. The topological polar surface area (TPSA) is 118 Å². The van der Waals surface area contributed by atoms with E-state index in [1.165, 1.54) is 0 Å². The zero-order valence-corrected chi connectivity index (χ0v) is 16.7. The number of nitrogens with two attached hydrogens (primary N) is 1. The second-order valence-corrected chi connectivity index (χ2v) is 6.47. The van der Waals surface area contributed by atoms with Gasteiger partial charge in [0.15, 0.2) is 12.0 Å². The second-order valence-electron chi connectivity index (χ2n) is 6.47. The third kappa shape index (κ3) is 3.25. The number of nitrogens with one attached hydrogen (secondary N) is 1. The van der Waals surface area contributed by atoms with Gasteiger partial charge in [0.05, 0.1) is 18.6 Å². The number of ether oxygens (including phenoxy) is 1. The lowest BCUT2D eigenvalue weighted by molar-refractivity contribution is 0.415. The van der Waals surface area contributed by atoms with Gasteiger partial charge < -0.3 is 19.8 Å². The van der Waals surface area contributed by atoms with Gasteiger partial charge in [0, 0.05) is 11.3 Å². The fourth-order valence-electron chi connectivity index (χ4n) is 3.40. The molecule has 1 aliphatic rings. The molecular weight excluding hydrogens is 406 g/mol. The summed E-state index contributed by atoms with van der Waals surface area (Å²) in [5.41, 5.74) is 9.70.